The molecule has 6 nitrogen and oxygen atoms in total. The largest absolute Gasteiger partial charge is 0.405 e. The van der Waals surface area contributed by atoms with Crippen molar-refractivity contribution < 1.29 is 21.6 Å². The predicted molar refractivity (Wildman–Crippen MR) is 98.5 cm³/mol. The zero-order chi connectivity index (χ0) is 18.8. The van der Waals surface area contributed by atoms with E-state index in [4.69, 9.17) is 0 Å². The van der Waals surface area contributed by atoms with Gasteiger partial charge in [0, 0.05) is 44.3 Å². The number of alkyl halides is 3. The first-order valence-electron chi connectivity index (χ1n) is 8.14. The second-order valence-corrected chi connectivity index (χ2v) is 7.76. The number of hydrogen-bond donors (Lipinski definition) is 2. The number of para-hydroxylation sites is 1. The van der Waals surface area contributed by atoms with Crippen molar-refractivity contribution in [1.29, 1.82) is 0 Å². The fourth-order valence-electron chi connectivity index (χ4n) is 3.01. The number of rotatable bonds is 5. The molecule has 0 spiro atoms. The Hall–Kier alpha value is -1.46. The van der Waals surface area contributed by atoms with Crippen molar-refractivity contribution in [1.82, 2.24) is 19.9 Å². The van der Waals surface area contributed by atoms with E-state index >= 15 is 0 Å². The van der Waals surface area contributed by atoms with E-state index in [2.05, 4.69) is 15.0 Å². The van der Waals surface area contributed by atoms with Gasteiger partial charge in [0.05, 0.1) is 5.52 Å². The monoisotopic (exact) mass is 424 g/mol. The summed E-state index contributed by atoms with van der Waals surface area (Å²) in [4.78, 5) is 5.18. The van der Waals surface area contributed by atoms with Gasteiger partial charge in [0.25, 0.3) is 0 Å². The Labute approximate surface area is 161 Å². The lowest BCUT2D eigenvalue weighted by Crippen LogP contribution is -2.57. The molecule has 1 aliphatic heterocycles. The third-order valence-electron chi connectivity index (χ3n) is 4.32. The van der Waals surface area contributed by atoms with E-state index < -0.39 is 28.8 Å². The van der Waals surface area contributed by atoms with Crippen molar-refractivity contribution in [3.8, 4) is 0 Å². The minimum atomic E-state index is -4.53. The zero-order valence-corrected chi connectivity index (χ0v) is 15.9. The van der Waals surface area contributed by atoms with E-state index in [1.165, 1.54) is 23.2 Å². The summed E-state index contributed by atoms with van der Waals surface area (Å²) in [6.45, 7) is 0.553. The van der Waals surface area contributed by atoms with Crippen molar-refractivity contribution in [2.75, 3.05) is 32.7 Å². The lowest BCUT2D eigenvalue weighted by molar-refractivity contribution is -0.182. The van der Waals surface area contributed by atoms with Crippen molar-refractivity contribution in [3.63, 3.8) is 0 Å². The predicted octanol–water partition coefficient (Wildman–Crippen LogP) is 1.77. The Morgan fingerprint density at radius 3 is 2.52 bits per heavy atom. The molecule has 2 heterocycles. The van der Waals surface area contributed by atoms with Crippen LogP contribution in [0.25, 0.3) is 10.9 Å². The molecule has 0 radical (unpaired) electrons. The highest BCUT2D eigenvalue weighted by Crippen LogP contribution is 2.26. The highest BCUT2D eigenvalue weighted by molar-refractivity contribution is 7.89. The van der Waals surface area contributed by atoms with Crippen LogP contribution < -0.4 is 10.0 Å². The van der Waals surface area contributed by atoms with Crippen LogP contribution in [0.3, 0.4) is 0 Å². The van der Waals surface area contributed by atoms with Crippen molar-refractivity contribution in [2.24, 2.45) is 0 Å². The van der Waals surface area contributed by atoms with E-state index in [-0.39, 0.29) is 35.9 Å². The average molecular weight is 425 g/mol. The van der Waals surface area contributed by atoms with Crippen LogP contribution in [-0.2, 0) is 10.0 Å². The number of nitrogens with one attached hydrogen (secondary N) is 2. The molecule has 1 fully saturated rings. The normalized spacial score (nSPS) is 17.4. The fraction of sp³-hybridized carbons (Fsp3) is 0.438. The van der Waals surface area contributed by atoms with Crippen molar-refractivity contribution in [3.05, 3.63) is 36.5 Å². The fourth-order valence-corrected chi connectivity index (χ4v) is 4.22. The van der Waals surface area contributed by atoms with Gasteiger partial charge in [-0.05, 0) is 12.1 Å². The molecule has 11 heteroatoms. The molecule has 1 saturated heterocycles. The number of pyridine rings is 1. The number of benzene rings is 1. The maximum absolute atomic E-state index is 13.4. The second-order valence-electron chi connectivity index (χ2n) is 6.03. The summed E-state index contributed by atoms with van der Waals surface area (Å²) in [5.41, 5.74) is 0.230. The molecule has 150 valence electrons. The van der Waals surface area contributed by atoms with Crippen LogP contribution in [0.4, 0.5) is 13.2 Å². The average Bonchev–Trinajstić information content (AvgIpc) is 2.61. The van der Waals surface area contributed by atoms with Gasteiger partial charge in [0.15, 0.2) is 0 Å². The molecule has 3 rings (SSSR count). The van der Waals surface area contributed by atoms with Crippen LogP contribution in [-0.4, -0.2) is 63.2 Å². The summed E-state index contributed by atoms with van der Waals surface area (Å²) >= 11 is 0. The lowest BCUT2D eigenvalue weighted by Gasteiger charge is -2.35. The third kappa shape index (κ3) is 5.08. The molecular weight excluding hydrogens is 405 g/mol. The minimum absolute atomic E-state index is 0. The summed E-state index contributed by atoms with van der Waals surface area (Å²) in [6.07, 6.45) is -3.09. The summed E-state index contributed by atoms with van der Waals surface area (Å²) in [6, 6.07) is 6.06. The van der Waals surface area contributed by atoms with Gasteiger partial charge in [-0.1, -0.05) is 18.2 Å². The van der Waals surface area contributed by atoms with E-state index in [0.29, 0.717) is 18.5 Å². The second kappa shape index (κ2) is 8.70. The smallest absolute Gasteiger partial charge is 0.314 e. The Kier molecular flexibility index (Phi) is 7.03. The molecule has 1 atom stereocenters. The van der Waals surface area contributed by atoms with Gasteiger partial charge in [-0.2, -0.15) is 13.2 Å². The maximum Gasteiger partial charge on any atom is 0.405 e. The molecule has 0 amide bonds. The quantitative estimate of drug-likeness (QED) is 0.765. The molecule has 2 aromatic rings. The first kappa shape index (κ1) is 21.8. The summed E-state index contributed by atoms with van der Waals surface area (Å²) in [5, 5.41) is 3.59. The molecule has 2 N–H and O–H groups in total. The number of piperazine rings is 1. The standard InChI is InChI=1S/C16H19F3N4O2S.ClH/c17-16(18,19)14(23-9-7-20-8-10-23)11-22-26(24,25)13-5-1-3-12-4-2-6-21-15(12)13;/h1-6,14,20,22H,7-11H2;1H. The van der Waals surface area contributed by atoms with E-state index in [1.807, 2.05) is 0 Å². The topological polar surface area (TPSA) is 74.3 Å². The van der Waals surface area contributed by atoms with Crippen LogP contribution in [0.5, 0.6) is 0 Å². The lowest BCUT2D eigenvalue weighted by atomic mass is 10.2. The SMILES string of the molecule is Cl.O=S(=O)(NCC(N1CCNCC1)C(F)(F)F)c1cccc2cccnc12. The highest BCUT2D eigenvalue weighted by atomic mass is 35.5. The minimum Gasteiger partial charge on any atom is -0.314 e. The van der Waals surface area contributed by atoms with Crippen molar-refractivity contribution in [2.45, 2.75) is 17.1 Å². The van der Waals surface area contributed by atoms with Gasteiger partial charge in [-0.25, -0.2) is 13.1 Å². The van der Waals surface area contributed by atoms with Gasteiger partial charge in [0.1, 0.15) is 10.9 Å². The molecular formula is C16H20ClF3N4O2S. The molecule has 1 unspecified atom stereocenters. The third-order valence-corrected chi connectivity index (χ3v) is 5.78. The Morgan fingerprint density at radius 1 is 1.19 bits per heavy atom. The Morgan fingerprint density at radius 2 is 1.85 bits per heavy atom. The van der Waals surface area contributed by atoms with E-state index in [9.17, 15) is 21.6 Å². The molecule has 0 aliphatic carbocycles. The zero-order valence-electron chi connectivity index (χ0n) is 14.2. The van der Waals surface area contributed by atoms with Gasteiger partial charge in [-0.15, -0.1) is 12.4 Å². The first-order chi connectivity index (χ1) is 12.3. The Bertz CT molecular complexity index is 868. The number of fused-ring (bicyclic) bond motifs is 1. The van der Waals surface area contributed by atoms with Gasteiger partial charge in [-0.3, -0.25) is 9.88 Å². The number of hydrogen-bond acceptors (Lipinski definition) is 5. The van der Waals surface area contributed by atoms with Crippen molar-refractivity contribution >= 4 is 33.3 Å². The molecule has 1 aromatic carbocycles. The van der Waals surface area contributed by atoms with Crippen LogP contribution in [0, 0.1) is 0 Å². The molecule has 1 aromatic heterocycles. The molecule has 27 heavy (non-hydrogen) atoms. The number of nitrogens with zero attached hydrogens (tertiary/aromatic N) is 2. The van der Waals surface area contributed by atoms with E-state index in [0.717, 1.165) is 0 Å². The van der Waals surface area contributed by atoms with Crippen LogP contribution >= 0.6 is 12.4 Å². The van der Waals surface area contributed by atoms with Gasteiger partial charge < -0.3 is 5.32 Å². The molecule has 0 bridgehead atoms. The maximum atomic E-state index is 13.4. The summed E-state index contributed by atoms with van der Waals surface area (Å²) in [5.74, 6) is 0. The van der Waals surface area contributed by atoms with Gasteiger partial charge in [0.2, 0.25) is 10.0 Å². The Balaban J connectivity index is 0.00000261. The number of sulfonamides is 1. The number of halogens is 4. The van der Waals surface area contributed by atoms with Gasteiger partial charge >= 0.3 is 6.18 Å². The van der Waals surface area contributed by atoms with E-state index in [1.54, 1.807) is 18.2 Å². The van der Waals surface area contributed by atoms with Crippen LogP contribution in [0.15, 0.2) is 41.4 Å². The first-order valence-corrected chi connectivity index (χ1v) is 9.62. The number of aromatic nitrogens is 1. The highest BCUT2D eigenvalue weighted by Gasteiger charge is 2.44. The molecule has 1 aliphatic rings. The molecule has 0 saturated carbocycles. The van der Waals surface area contributed by atoms with Crippen LogP contribution in [0.1, 0.15) is 0 Å². The summed E-state index contributed by atoms with van der Waals surface area (Å²) in [7, 11) is -4.14. The van der Waals surface area contributed by atoms with Crippen LogP contribution in [0.2, 0.25) is 0 Å². The summed E-state index contributed by atoms with van der Waals surface area (Å²) < 4.78 is 67.6.